The van der Waals surface area contributed by atoms with Crippen molar-refractivity contribution in [2.45, 2.75) is 38.6 Å². The molecule has 3 aromatic rings. The van der Waals surface area contributed by atoms with Crippen molar-refractivity contribution in [3.05, 3.63) is 71.4 Å². The highest BCUT2D eigenvalue weighted by Crippen LogP contribution is 2.25. The highest BCUT2D eigenvalue weighted by atomic mass is 16.5. The first kappa shape index (κ1) is 25.2. The van der Waals surface area contributed by atoms with E-state index < -0.39 is 17.7 Å². The third kappa shape index (κ3) is 5.03. The van der Waals surface area contributed by atoms with Crippen molar-refractivity contribution in [1.29, 1.82) is 0 Å². The number of aromatic nitrogens is 1. The zero-order valence-electron chi connectivity index (χ0n) is 20.7. The first-order valence-corrected chi connectivity index (χ1v) is 12.3. The molecule has 0 spiro atoms. The van der Waals surface area contributed by atoms with Gasteiger partial charge in [-0.15, -0.1) is 0 Å². The Balaban J connectivity index is 1.56. The van der Waals surface area contributed by atoms with E-state index in [1.54, 1.807) is 40.1 Å². The predicted molar refractivity (Wildman–Crippen MR) is 136 cm³/mol. The maximum atomic E-state index is 13.5. The second-order valence-corrected chi connectivity index (χ2v) is 9.02. The number of benzene rings is 2. The Hall–Kier alpha value is -3.94. The summed E-state index contributed by atoms with van der Waals surface area (Å²) < 4.78 is 4.83. The molecule has 0 bridgehead atoms. The molecular formula is C28H31N3O5. The highest BCUT2D eigenvalue weighted by molar-refractivity contribution is 6.45. The van der Waals surface area contributed by atoms with E-state index in [-0.39, 0.29) is 24.1 Å². The van der Waals surface area contributed by atoms with Gasteiger partial charge in [-0.1, -0.05) is 56.5 Å². The van der Waals surface area contributed by atoms with Gasteiger partial charge in [-0.25, -0.2) is 4.79 Å². The van der Waals surface area contributed by atoms with Crippen LogP contribution in [-0.4, -0.2) is 71.1 Å². The molecule has 2 aromatic carbocycles. The van der Waals surface area contributed by atoms with Crippen molar-refractivity contribution in [3.8, 4) is 0 Å². The molecule has 1 atom stereocenters. The molecule has 1 unspecified atom stereocenters. The van der Waals surface area contributed by atoms with Crippen LogP contribution in [-0.2, 0) is 9.53 Å². The van der Waals surface area contributed by atoms with E-state index >= 15 is 0 Å². The van der Waals surface area contributed by atoms with Crippen molar-refractivity contribution in [3.63, 3.8) is 0 Å². The van der Waals surface area contributed by atoms with Gasteiger partial charge in [0.05, 0.1) is 23.8 Å². The monoisotopic (exact) mass is 489 g/mol. The molecule has 1 fully saturated rings. The number of aromatic amines is 1. The summed E-state index contributed by atoms with van der Waals surface area (Å²) in [6.07, 6.45) is 5.13. The SMILES string of the molecule is CCCCCC1CN(C(=O)c2ccccc2)CCN1C(=O)C(=O)c1c[nH]c2c(C(=O)OC)cccc12. The van der Waals surface area contributed by atoms with Gasteiger partial charge < -0.3 is 19.5 Å². The predicted octanol–water partition coefficient (Wildman–Crippen LogP) is 4.07. The third-order valence-electron chi connectivity index (χ3n) is 6.75. The van der Waals surface area contributed by atoms with Gasteiger partial charge in [0, 0.05) is 42.8 Å². The molecule has 2 amide bonds. The van der Waals surface area contributed by atoms with Crippen molar-refractivity contribution in [1.82, 2.24) is 14.8 Å². The number of fused-ring (bicyclic) bond motifs is 1. The standard InChI is InChI=1S/C28H31N3O5/c1-3-4-6-12-20-18-30(26(33)19-10-7-5-8-11-19)15-16-31(20)27(34)25(32)23-17-29-24-21(23)13-9-14-22(24)28(35)36-2/h5,7-11,13-14,17,20,29H,3-4,6,12,15-16,18H2,1-2H3. The number of para-hydroxylation sites is 1. The summed E-state index contributed by atoms with van der Waals surface area (Å²) in [4.78, 5) is 58.4. The zero-order valence-corrected chi connectivity index (χ0v) is 20.7. The van der Waals surface area contributed by atoms with Crippen LogP contribution in [0.2, 0.25) is 0 Å². The summed E-state index contributed by atoms with van der Waals surface area (Å²) in [5.41, 5.74) is 1.59. The molecule has 188 valence electrons. The van der Waals surface area contributed by atoms with Gasteiger partial charge in [0.2, 0.25) is 0 Å². The fourth-order valence-electron chi connectivity index (χ4n) is 4.82. The van der Waals surface area contributed by atoms with Crippen LogP contribution < -0.4 is 0 Å². The number of carbonyl (C=O) groups excluding carboxylic acids is 4. The van der Waals surface area contributed by atoms with Crippen LogP contribution in [0.25, 0.3) is 10.9 Å². The number of ketones is 1. The van der Waals surface area contributed by atoms with E-state index in [1.807, 2.05) is 18.2 Å². The number of amides is 2. The molecule has 8 nitrogen and oxygen atoms in total. The highest BCUT2D eigenvalue weighted by Gasteiger charge is 2.36. The van der Waals surface area contributed by atoms with Crippen LogP contribution >= 0.6 is 0 Å². The molecule has 8 heteroatoms. The van der Waals surface area contributed by atoms with Crippen LogP contribution in [0.5, 0.6) is 0 Å². The Kier molecular flexibility index (Phi) is 7.83. The molecule has 36 heavy (non-hydrogen) atoms. The largest absolute Gasteiger partial charge is 0.465 e. The molecule has 0 radical (unpaired) electrons. The Bertz CT molecular complexity index is 1270. The molecule has 1 aromatic heterocycles. The van der Waals surface area contributed by atoms with Gasteiger partial charge in [0.25, 0.3) is 17.6 Å². The maximum absolute atomic E-state index is 13.5. The number of Topliss-reactive ketones (excluding diaryl/α,β-unsaturated/α-hetero) is 1. The average molecular weight is 490 g/mol. The number of methoxy groups -OCH3 is 1. The zero-order chi connectivity index (χ0) is 25.7. The lowest BCUT2D eigenvalue weighted by atomic mass is 10.0. The molecule has 4 rings (SSSR count). The number of ether oxygens (including phenoxy) is 1. The minimum atomic E-state index is -0.633. The molecule has 0 saturated carbocycles. The summed E-state index contributed by atoms with van der Waals surface area (Å²) >= 11 is 0. The lowest BCUT2D eigenvalue weighted by molar-refractivity contribution is -0.131. The fourth-order valence-corrected chi connectivity index (χ4v) is 4.82. The average Bonchev–Trinajstić information content (AvgIpc) is 3.36. The number of nitrogens with one attached hydrogen (secondary N) is 1. The summed E-state index contributed by atoms with van der Waals surface area (Å²) in [5.74, 6) is -1.82. The van der Waals surface area contributed by atoms with Gasteiger partial charge >= 0.3 is 5.97 Å². The number of carbonyl (C=O) groups is 4. The Morgan fingerprint density at radius 1 is 0.972 bits per heavy atom. The normalized spacial score (nSPS) is 15.7. The summed E-state index contributed by atoms with van der Waals surface area (Å²) in [7, 11) is 1.29. The van der Waals surface area contributed by atoms with E-state index in [0.29, 0.717) is 41.5 Å². The summed E-state index contributed by atoms with van der Waals surface area (Å²) in [5, 5.41) is 0.497. The summed E-state index contributed by atoms with van der Waals surface area (Å²) in [6.45, 7) is 3.14. The number of H-pyrrole nitrogens is 1. The molecule has 2 heterocycles. The van der Waals surface area contributed by atoms with Crippen molar-refractivity contribution >= 4 is 34.5 Å². The Morgan fingerprint density at radius 2 is 1.75 bits per heavy atom. The number of nitrogens with zero attached hydrogens (tertiary/aromatic N) is 2. The second kappa shape index (κ2) is 11.2. The van der Waals surface area contributed by atoms with Crippen molar-refractivity contribution in [2.75, 3.05) is 26.7 Å². The van der Waals surface area contributed by atoms with Gasteiger partial charge in [0.15, 0.2) is 0 Å². The molecular weight excluding hydrogens is 458 g/mol. The van der Waals surface area contributed by atoms with Crippen LogP contribution in [0.15, 0.2) is 54.7 Å². The lowest BCUT2D eigenvalue weighted by Crippen LogP contribution is -2.57. The number of esters is 1. The van der Waals surface area contributed by atoms with Gasteiger partial charge in [-0.2, -0.15) is 0 Å². The third-order valence-corrected chi connectivity index (χ3v) is 6.75. The first-order valence-electron chi connectivity index (χ1n) is 12.3. The van der Waals surface area contributed by atoms with E-state index in [9.17, 15) is 19.2 Å². The second-order valence-electron chi connectivity index (χ2n) is 9.02. The topological polar surface area (TPSA) is 99.8 Å². The van der Waals surface area contributed by atoms with E-state index in [1.165, 1.54) is 13.3 Å². The molecule has 1 saturated heterocycles. The number of hydrogen-bond acceptors (Lipinski definition) is 5. The number of hydrogen-bond donors (Lipinski definition) is 1. The quantitative estimate of drug-likeness (QED) is 0.223. The lowest BCUT2D eigenvalue weighted by Gasteiger charge is -2.41. The minimum Gasteiger partial charge on any atom is -0.465 e. The van der Waals surface area contributed by atoms with Crippen LogP contribution in [0, 0.1) is 0 Å². The number of piperazine rings is 1. The number of rotatable bonds is 8. The maximum Gasteiger partial charge on any atom is 0.339 e. The molecule has 1 aliphatic rings. The van der Waals surface area contributed by atoms with Crippen molar-refractivity contribution < 1.29 is 23.9 Å². The summed E-state index contributed by atoms with van der Waals surface area (Å²) in [6, 6.07) is 13.8. The van der Waals surface area contributed by atoms with Crippen molar-refractivity contribution in [2.24, 2.45) is 0 Å². The van der Waals surface area contributed by atoms with Gasteiger partial charge in [-0.3, -0.25) is 14.4 Å². The van der Waals surface area contributed by atoms with Crippen LogP contribution in [0.4, 0.5) is 0 Å². The van der Waals surface area contributed by atoms with E-state index in [4.69, 9.17) is 4.74 Å². The van der Waals surface area contributed by atoms with Crippen LogP contribution in [0.3, 0.4) is 0 Å². The van der Waals surface area contributed by atoms with Gasteiger partial charge in [0.1, 0.15) is 0 Å². The van der Waals surface area contributed by atoms with E-state index in [0.717, 1.165) is 19.3 Å². The first-order chi connectivity index (χ1) is 17.5. The molecule has 1 N–H and O–H groups in total. The number of unbranched alkanes of at least 4 members (excludes halogenated alkanes) is 2. The molecule has 1 aliphatic heterocycles. The Labute approximate surface area is 210 Å². The molecule has 0 aliphatic carbocycles. The smallest absolute Gasteiger partial charge is 0.339 e. The van der Waals surface area contributed by atoms with E-state index in [2.05, 4.69) is 11.9 Å². The minimum absolute atomic E-state index is 0.0681. The fraction of sp³-hybridized carbons (Fsp3) is 0.357. The Morgan fingerprint density at radius 3 is 2.47 bits per heavy atom. The van der Waals surface area contributed by atoms with Crippen LogP contribution in [0.1, 0.15) is 63.7 Å². The van der Waals surface area contributed by atoms with Gasteiger partial charge in [-0.05, 0) is 24.6 Å².